The van der Waals surface area contributed by atoms with Gasteiger partial charge in [-0.2, -0.15) is 0 Å². The Morgan fingerprint density at radius 2 is 1.76 bits per heavy atom. The molecule has 1 atom stereocenters. The van der Waals surface area contributed by atoms with Crippen LogP contribution in [0.25, 0.3) is 0 Å². The van der Waals surface area contributed by atoms with E-state index in [-0.39, 0.29) is 13.2 Å². The zero-order valence-corrected chi connectivity index (χ0v) is 15.8. The normalized spacial score (nSPS) is 13.1. The first kappa shape index (κ1) is 21.1. The fourth-order valence-corrected chi connectivity index (χ4v) is 2.79. The van der Waals surface area contributed by atoms with E-state index in [1.165, 1.54) is 0 Å². The quantitative estimate of drug-likeness (QED) is 0.683. The Balaban J connectivity index is 2.65. The van der Waals surface area contributed by atoms with Crippen molar-refractivity contribution >= 4 is 21.8 Å². The summed E-state index contributed by atoms with van der Waals surface area (Å²) < 4.78 is 33.3. The van der Waals surface area contributed by atoms with Crippen molar-refractivity contribution < 1.29 is 27.5 Å². The molecule has 0 spiro atoms. The Kier molecular flexibility index (Phi) is 7.57. The monoisotopic (exact) mass is 371 g/mol. The maximum Gasteiger partial charge on any atom is 0.324 e. The Labute approximate surface area is 148 Å². The van der Waals surface area contributed by atoms with Gasteiger partial charge in [0, 0.05) is 6.26 Å². The molecule has 1 aromatic carbocycles. The summed E-state index contributed by atoms with van der Waals surface area (Å²) in [5.41, 5.74) is 0.111. The van der Waals surface area contributed by atoms with Gasteiger partial charge in [0.15, 0.2) is 0 Å². The third-order valence-electron chi connectivity index (χ3n) is 2.89. The third kappa shape index (κ3) is 9.83. The summed E-state index contributed by atoms with van der Waals surface area (Å²) in [6.07, 6.45) is 1.01. The average Bonchev–Trinajstić information content (AvgIpc) is 2.47. The highest BCUT2D eigenvalue weighted by atomic mass is 32.2. The summed E-state index contributed by atoms with van der Waals surface area (Å²) in [4.78, 5) is 23.9. The summed E-state index contributed by atoms with van der Waals surface area (Å²) in [6, 6.07) is 7.86. The molecule has 0 fully saturated rings. The summed E-state index contributed by atoms with van der Waals surface area (Å²) in [5, 5.41) is 2.61. The molecule has 1 N–H and O–H groups in total. The average molecular weight is 371 g/mol. The number of ether oxygens (including phenoxy) is 2. The van der Waals surface area contributed by atoms with E-state index in [1.54, 1.807) is 45.0 Å². The number of rotatable bonds is 8. The van der Waals surface area contributed by atoms with Gasteiger partial charge in [0.1, 0.15) is 28.1 Å². The lowest BCUT2D eigenvalue weighted by atomic mass is 10.2. The summed E-state index contributed by atoms with van der Waals surface area (Å²) in [6.45, 7) is 4.87. The number of sulfone groups is 1. The van der Waals surface area contributed by atoms with E-state index in [0.29, 0.717) is 0 Å². The molecule has 25 heavy (non-hydrogen) atoms. The Morgan fingerprint density at radius 3 is 2.28 bits per heavy atom. The Morgan fingerprint density at radius 1 is 1.16 bits per heavy atom. The zero-order valence-electron chi connectivity index (χ0n) is 14.9. The minimum absolute atomic E-state index is 0.0219. The molecule has 0 aromatic heterocycles. The van der Waals surface area contributed by atoms with Crippen LogP contribution in [-0.2, 0) is 35.5 Å². The highest BCUT2D eigenvalue weighted by Crippen LogP contribution is 2.07. The van der Waals surface area contributed by atoms with Crippen molar-refractivity contribution in [3.05, 3.63) is 35.9 Å². The molecule has 7 nitrogen and oxygen atoms in total. The lowest BCUT2D eigenvalue weighted by Crippen LogP contribution is -2.46. The zero-order chi connectivity index (χ0) is 19.1. The molecular formula is C17H25NO6S. The van der Waals surface area contributed by atoms with Gasteiger partial charge in [-0.1, -0.05) is 30.3 Å². The van der Waals surface area contributed by atoms with Crippen LogP contribution in [0.15, 0.2) is 30.3 Å². The highest BCUT2D eigenvalue weighted by Gasteiger charge is 2.26. The van der Waals surface area contributed by atoms with Crippen molar-refractivity contribution in [3.63, 3.8) is 0 Å². The number of nitrogens with one attached hydrogen (secondary N) is 1. The molecule has 140 valence electrons. The largest absolute Gasteiger partial charge is 0.460 e. The van der Waals surface area contributed by atoms with Crippen molar-refractivity contribution in [2.45, 2.75) is 39.0 Å². The molecule has 0 radical (unpaired) electrons. The predicted octanol–water partition coefficient (Wildman–Crippen LogP) is 1.07. The van der Waals surface area contributed by atoms with E-state index in [9.17, 15) is 18.0 Å². The molecule has 0 heterocycles. The smallest absolute Gasteiger partial charge is 0.324 e. The third-order valence-corrected chi connectivity index (χ3v) is 3.83. The molecule has 1 unspecified atom stereocenters. The standard InChI is InChI=1S/C17H25NO6S/c1-17(2,3)24-15(19)10-18-14(12-25(4,21)22)16(20)23-11-13-8-6-5-7-9-13/h5-9,14,18H,10-12H2,1-4H3. The van der Waals surface area contributed by atoms with Gasteiger partial charge in [-0.15, -0.1) is 0 Å². The van der Waals surface area contributed by atoms with Crippen LogP contribution in [0.5, 0.6) is 0 Å². The number of benzene rings is 1. The van der Waals surface area contributed by atoms with E-state index in [0.717, 1.165) is 11.8 Å². The predicted molar refractivity (Wildman–Crippen MR) is 93.6 cm³/mol. The number of esters is 2. The Bertz CT molecular complexity index is 679. The summed E-state index contributed by atoms with van der Waals surface area (Å²) in [7, 11) is -3.45. The molecule has 1 aromatic rings. The second-order valence-corrected chi connectivity index (χ2v) is 8.89. The molecule has 0 saturated carbocycles. The number of hydrogen-bond donors (Lipinski definition) is 1. The van der Waals surface area contributed by atoms with Crippen LogP contribution in [0.2, 0.25) is 0 Å². The second-order valence-electron chi connectivity index (χ2n) is 6.71. The minimum atomic E-state index is -3.45. The molecule has 0 aliphatic carbocycles. The molecular weight excluding hydrogens is 346 g/mol. The lowest BCUT2D eigenvalue weighted by Gasteiger charge is -2.21. The fourth-order valence-electron chi connectivity index (χ4n) is 1.93. The van der Waals surface area contributed by atoms with Crippen LogP contribution in [-0.4, -0.2) is 50.6 Å². The van der Waals surface area contributed by atoms with Gasteiger partial charge in [-0.25, -0.2) is 8.42 Å². The van der Waals surface area contributed by atoms with Crippen LogP contribution >= 0.6 is 0 Å². The van der Waals surface area contributed by atoms with E-state index < -0.39 is 39.2 Å². The van der Waals surface area contributed by atoms with E-state index in [1.807, 2.05) is 6.07 Å². The SMILES string of the molecule is CC(C)(C)OC(=O)CNC(CS(C)(=O)=O)C(=O)OCc1ccccc1. The van der Waals surface area contributed by atoms with Crippen molar-refractivity contribution in [3.8, 4) is 0 Å². The fraction of sp³-hybridized carbons (Fsp3) is 0.529. The first-order valence-electron chi connectivity index (χ1n) is 7.80. The van der Waals surface area contributed by atoms with Crippen LogP contribution in [0, 0.1) is 0 Å². The molecule has 0 bridgehead atoms. The van der Waals surface area contributed by atoms with Crippen molar-refractivity contribution in [1.82, 2.24) is 5.32 Å². The first-order valence-corrected chi connectivity index (χ1v) is 9.86. The van der Waals surface area contributed by atoms with Crippen LogP contribution in [0.4, 0.5) is 0 Å². The van der Waals surface area contributed by atoms with Gasteiger partial charge in [0.25, 0.3) is 0 Å². The van der Waals surface area contributed by atoms with E-state index >= 15 is 0 Å². The number of carbonyl (C=O) groups excluding carboxylic acids is 2. The minimum Gasteiger partial charge on any atom is -0.460 e. The molecule has 0 saturated heterocycles. The topological polar surface area (TPSA) is 98.8 Å². The van der Waals surface area contributed by atoms with Gasteiger partial charge in [0.2, 0.25) is 0 Å². The Hall–Kier alpha value is -1.93. The van der Waals surface area contributed by atoms with Gasteiger partial charge in [-0.3, -0.25) is 14.9 Å². The van der Waals surface area contributed by atoms with Gasteiger partial charge >= 0.3 is 11.9 Å². The van der Waals surface area contributed by atoms with Crippen LogP contribution in [0.3, 0.4) is 0 Å². The molecule has 0 amide bonds. The summed E-state index contributed by atoms with van der Waals surface area (Å²) in [5.74, 6) is -1.79. The maximum atomic E-state index is 12.2. The maximum absolute atomic E-state index is 12.2. The number of hydrogen-bond acceptors (Lipinski definition) is 7. The number of carbonyl (C=O) groups is 2. The molecule has 8 heteroatoms. The van der Waals surface area contributed by atoms with Crippen molar-refractivity contribution in [2.24, 2.45) is 0 Å². The van der Waals surface area contributed by atoms with Crippen LogP contribution < -0.4 is 5.32 Å². The van der Waals surface area contributed by atoms with Crippen molar-refractivity contribution in [1.29, 1.82) is 0 Å². The van der Waals surface area contributed by atoms with Gasteiger partial charge in [-0.05, 0) is 26.3 Å². The van der Waals surface area contributed by atoms with Gasteiger partial charge < -0.3 is 9.47 Å². The van der Waals surface area contributed by atoms with Crippen molar-refractivity contribution in [2.75, 3.05) is 18.6 Å². The van der Waals surface area contributed by atoms with Crippen LogP contribution in [0.1, 0.15) is 26.3 Å². The van der Waals surface area contributed by atoms with Gasteiger partial charge in [0.05, 0.1) is 12.3 Å². The van der Waals surface area contributed by atoms with E-state index in [4.69, 9.17) is 9.47 Å². The highest BCUT2D eigenvalue weighted by molar-refractivity contribution is 7.90. The molecule has 0 aliphatic heterocycles. The lowest BCUT2D eigenvalue weighted by molar-refractivity contribution is -0.154. The second kappa shape index (κ2) is 8.96. The first-order chi connectivity index (χ1) is 11.5. The molecule has 0 aliphatic rings. The molecule has 1 rings (SSSR count). The summed E-state index contributed by atoms with van der Waals surface area (Å²) >= 11 is 0. The van der Waals surface area contributed by atoms with E-state index in [2.05, 4.69) is 5.32 Å².